The van der Waals surface area contributed by atoms with Gasteiger partial charge >= 0.3 is 0 Å². The molecule has 1 aliphatic rings. The van der Waals surface area contributed by atoms with Crippen molar-refractivity contribution in [2.45, 2.75) is 65.3 Å². The van der Waals surface area contributed by atoms with Crippen LogP contribution in [-0.4, -0.2) is 22.3 Å². The van der Waals surface area contributed by atoms with E-state index >= 15 is 0 Å². The molecule has 0 amide bonds. The number of aryl methyl sites for hydroxylation is 2. The van der Waals surface area contributed by atoms with Crippen LogP contribution in [0.4, 0.5) is 0 Å². The molecule has 1 heterocycles. The van der Waals surface area contributed by atoms with E-state index in [9.17, 15) is 0 Å². The average Bonchev–Trinajstić information content (AvgIpc) is 2.50. The quantitative estimate of drug-likeness (QED) is 0.866. The molecule has 2 N–H and O–H groups in total. The summed E-state index contributed by atoms with van der Waals surface area (Å²) in [5.41, 5.74) is 8.25. The van der Waals surface area contributed by atoms with Crippen molar-refractivity contribution >= 4 is 17.2 Å². The number of rotatable bonds is 3. The molecule has 1 saturated heterocycles. The fourth-order valence-corrected chi connectivity index (χ4v) is 3.23. The van der Waals surface area contributed by atoms with Crippen molar-refractivity contribution in [3.63, 3.8) is 0 Å². The smallest absolute Gasteiger partial charge is 0.130 e. The standard InChI is InChI=1S/C17H25NO2S/c1-10-7-12(15(18)21)8-11(2)14(10)19-13-9-16(3,4)20-17(13,5)6/h7-8,13H,9H2,1-6H3,(H2,18,21). The number of benzene rings is 1. The minimum absolute atomic E-state index is 0.0283. The Morgan fingerprint density at radius 2 is 1.76 bits per heavy atom. The molecule has 1 aliphatic heterocycles. The van der Waals surface area contributed by atoms with E-state index in [0.29, 0.717) is 4.99 Å². The Balaban J connectivity index is 2.30. The van der Waals surface area contributed by atoms with Gasteiger partial charge in [0.1, 0.15) is 22.4 Å². The lowest BCUT2D eigenvalue weighted by Gasteiger charge is -2.28. The van der Waals surface area contributed by atoms with Crippen LogP contribution >= 0.6 is 12.2 Å². The summed E-state index contributed by atoms with van der Waals surface area (Å²) >= 11 is 5.05. The predicted octanol–water partition coefficient (Wildman–Crippen LogP) is 3.66. The molecule has 116 valence electrons. The molecule has 21 heavy (non-hydrogen) atoms. The van der Waals surface area contributed by atoms with Gasteiger partial charge < -0.3 is 15.2 Å². The van der Waals surface area contributed by atoms with Crippen LogP contribution in [0, 0.1) is 13.8 Å². The van der Waals surface area contributed by atoms with Gasteiger partial charge in [0.2, 0.25) is 0 Å². The van der Waals surface area contributed by atoms with E-state index in [1.807, 2.05) is 26.0 Å². The van der Waals surface area contributed by atoms with Gasteiger partial charge in [-0.25, -0.2) is 0 Å². The number of hydrogen-bond donors (Lipinski definition) is 1. The fourth-order valence-electron chi connectivity index (χ4n) is 3.12. The van der Waals surface area contributed by atoms with Gasteiger partial charge in [0.15, 0.2) is 0 Å². The van der Waals surface area contributed by atoms with Gasteiger partial charge in [-0.05, 0) is 64.8 Å². The molecule has 0 aromatic heterocycles. The first-order valence-corrected chi connectivity index (χ1v) is 7.70. The summed E-state index contributed by atoms with van der Waals surface area (Å²) in [5, 5.41) is 0. The van der Waals surface area contributed by atoms with E-state index < -0.39 is 0 Å². The molecule has 0 radical (unpaired) electrons. The maximum atomic E-state index is 6.31. The zero-order valence-corrected chi connectivity index (χ0v) is 14.6. The predicted molar refractivity (Wildman–Crippen MR) is 90.1 cm³/mol. The maximum absolute atomic E-state index is 6.31. The van der Waals surface area contributed by atoms with Crippen molar-refractivity contribution in [2.24, 2.45) is 5.73 Å². The SMILES string of the molecule is Cc1cc(C(N)=S)cc(C)c1OC1CC(C)(C)OC1(C)C. The van der Waals surface area contributed by atoms with Gasteiger partial charge in [0, 0.05) is 12.0 Å². The lowest BCUT2D eigenvalue weighted by molar-refractivity contribution is -0.0847. The topological polar surface area (TPSA) is 44.5 Å². The molecule has 3 nitrogen and oxygen atoms in total. The zero-order valence-electron chi connectivity index (χ0n) is 13.7. The molecule has 0 aliphatic carbocycles. The van der Waals surface area contributed by atoms with E-state index in [2.05, 4.69) is 27.7 Å². The van der Waals surface area contributed by atoms with Gasteiger partial charge in [-0.3, -0.25) is 0 Å². The summed E-state index contributed by atoms with van der Waals surface area (Å²) in [4.78, 5) is 0.415. The van der Waals surface area contributed by atoms with Gasteiger partial charge in [-0.15, -0.1) is 0 Å². The van der Waals surface area contributed by atoms with Crippen LogP contribution in [0.5, 0.6) is 5.75 Å². The second-order valence-corrected chi connectivity index (χ2v) is 7.52. The molecule has 1 atom stereocenters. The Morgan fingerprint density at radius 1 is 1.24 bits per heavy atom. The highest BCUT2D eigenvalue weighted by Crippen LogP contribution is 2.40. The summed E-state index contributed by atoms with van der Waals surface area (Å²) in [6.45, 7) is 12.4. The second kappa shape index (κ2) is 5.25. The highest BCUT2D eigenvalue weighted by atomic mass is 32.1. The second-order valence-electron chi connectivity index (χ2n) is 7.08. The number of nitrogens with two attached hydrogens (primary N) is 1. The van der Waals surface area contributed by atoms with Gasteiger partial charge in [-0.1, -0.05) is 12.2 Å². The van der Waals surface area contributed by atoms with Gasteiger partial charge in [0.25, 0.3) is 0 Å². The number of thiocarbonyl (C=S) groups is 1. The number of ether oxygens (including phenoxy) is 2. The number of hydrogen-bond acceptors (Lipinski definition) is 3. The van der Waals surface area contributed by atoms with Crippen LogP contribution in [0.3, 0.4) is 0 Å². The van der Waals surface area contributed by atoms with Crippen LogP contribution in [0.15, 0.2) is 12.1 Å². The highest BCUT2D eigenvalue weighted by Gasteiger charge is 2.47. The summed E-state index contributed by atoms with van der Waals surface area (Å²) in [5.74, 6) is 0.911. The molecule has 1 aromatic carbocycles. The van der Waals surface area contributed by atoms with E-state index in [1.54, 1.807) is 0 Å². The third-order valence-electron chi connectivity index (χ3n) is 4.00. The molecule has 1 aromatic rings. The summed E-state index contributed by atoms with van der Waals surface area (Å²) in [7, 11) is 0. The van der Waals surface area contributed by atoms with Crippen molar-refractivity contribution in [2.75, 3.05) is 0 Å². The van der Waals surface area contributed by atoms with Crippen molar-refractivity contribution in [1.29, 1.82) is 0 Å². The van der Waals surface area contributed by atoms with Crippen molar-refractivity contribution < 1.29 is 9.47 Å². The van der Waals surface area contributed by atoms with Gasteiger partial charge in [-0.2, -0.15) is 0 Å². The van der Waals surface area contributed by atoms with Crippen molar-refractivity contribution in [3.05, 3.63) is 28.8 Å². The molecule has 4 heteroatoms. The normalized spacial score (nSPS) is 23.0. The van der Waals surface area contributed by atoms with Crippen LogP contribution < -0.4 is 10.5 Å². The first-order chi connectivity index (χ1) is 9.52. The molecule has 0 spiro atoms. The van der Waals surface area contributed by atoms with Crippen LogP contribution in [0.1, 0.15) is 50.8 Å². The Labute approximate surface area is 132 Å². The molecular weight excluding hydrogens is 282 g/mol. The average molecular weight is 307 g/mol. The minimum atomic E-state index is -0.301. The van der Waals surface area contributed by atoms with E-state index in [-0.39, 0.29) is 17.3 Å². The Hall–Kier alpha value is -1.13. The van der Waals surface area contributed by atoms with Crippen LogP contribution in [0.2, 0.25) is 0 Å². The van der Waals surface area contributed by atoms with Crippen molar-refractivity contribution in [3.8, 4) is 5.75 Å². The highest BCUT2D eigenvalue weighted by molar-refractivity contribution is 7.80. The summed E-state index contributed by atoms with van der Waals surface area (Å²) in [6.07, 6.45) is 0.899. The zero-order chi connectivity index (χ0) is 16.0. The minimum Gasteiger partial charge on any atom is -0.487 e. The summed E-state index contributed by atoms with van der Waals surface area (Å²) < 4.78 is 12.4. The first kappa shape index (κ1) is 16.2. The molecule has 0 bridgehead atoms. The first-order valence-electron chi connectivity index (χ1n) is 7.30. The van der Waals surface area contributed by atoms with E-state index in [4.69, 9.17) is 27.4 Å². The molecule has 1 unspecified atom stereocenters. The molecule has 2 rings (SSSR count). The van der Waals surface area contributed by atoms with Crippen LogP contribution in [-0.2, 0) is 4.74 Å². The summed E-state index contributed by atoms with van der Waals surface area (Å²) in [6, 6.07) is 3.97. The monoisotopic (exact) mass is 307 g/mol. The molecule has 0 saturated carbocycles. The van der Waals surface area contributed by atoms with E-state index in [1.165, 1.54) is 0 Å². The van der Waals surface area contributed by atoms with Crippen LogP contribution in [0.25, 0.3) is 0 Å². The van der Waals surface area contributed by atoms with Gasteiger partial charge in [0.05, 0.1) is 5.60 Å². The van der Waals surface area contributed by atoms with E-state index in [0.717, 1.165) is 28.9 Å². The largest absolute Gasteiger partial charge is 0.487 e. The lowest BCUT2D eigenvalue weighted by atomic mass is 9.96. The lowest BCUT2D eigenvalue weighted by Crippen LogP contribution is -2.37. The Morgan fingerprint density at radius 3 is 2.14 bits per heavy atom. The maximum Gasteiger partial charge on any atom is 0.130 e. The Bertz CT molecular complexity index is 555. The molecule has 1 fully saturated rings. The third kappa shape index (κ3) is 3.38. The Kier molecular flexibility index (Phi) is 4.06. The molecular formula is C17H25NO2S. The third-order valence-corrected chi connectivity index (χ3v) is 4.23. The van der Waals surface area contributed by atoms with Crippen molar-refractivity contribution in [1.82, 2.24) is 0 Å². The fraction of sp³-hybridized carbons (Fsp3) is 0.588.